The molecule has 0 radical (unpaired) electrons. The predicted octanol–water partition coefficient (Wildman–Crippen LogP) is 4.51. The zero-order chi connectivity index (χ0) is 22.0. The summed E-state index contributed by atoms with van der Waals surface area (Å²) in [6.45, 7) is 0.467. The van der Waals surface area contributed by atoms with E-state index in [1.807, 2.05) is 26.2 Å². The van der Waals surface area contributed by atoms with Gasteiger partial charge in [-0.3, -0.25) is 0 Å². The van der Waals surface area contributed by atoms with Crippen molar-refractivity contribution >= 4 is 60.3 Å². The molecule has 0 aliphatic heterocycles. The molecule has 7 heteroatoms. The van der Waals surface area contributed by atoms with Crippen molar-refractivity contribution < 1.29 is 17.5 Å². The highest BCUT2D eigenvalue weighted by atomic mass is 32.2. The van der Waals surface area contributed by atoms with Crippen LogP contribution in [-0.4, -0.2) is 32.8 Å². The first-order chi connectivity index (χ1) is 14.8. The van der Waals surface area contributed by atoms with E-state index in [0.717, 1.165) is 37.2 Å². The van der Waals surface area contributed by atoms with E-state index in [2.05, 4.69) is 70.1 Å². The standard InChI is InChI=1S/C24H24N2O3S2/c1-25(2)20-12-8-18(9-13-20)10-15-23-26(16-5-17-31(27,28)29)24-21-7-4-3-6-19(21)11-14-22(24)30-23/h3-4,6-15H,5,16-17H2,1-2H3. The molecule has 160 valence electrons. The highest BCUT2D eigenvalue weighted by molar-refractivity contribution is 7.85. The number of thiazole rings is 1. The third-order valence-electron chi connectivity index (χ3n) is 5.22. The summed E-state index contributed by atoms with van der Waals surface area (Å²) in [4.78, 5) is 2.06. The number of benzene rings is 3. The molecule has 0 aliphatic rings. The van der Waals surface area contributed by atoms with E-state index in [1.165, 1.54) is 0 Å². The maximum absolute atomic E-state index is 11.1. The largest absolute Gasteiger partial charge is 0.748 e. The Balaban J connectivity index is 1.76. The zero-order valence-corrected chi connectivity index (χ0v) is 19.1. The number of hydrogen-bond donors (Lipinski definition) is 0. The lowest BCUT2D eigenvalue weighted by molar-refractivity contribution is -0.667. The van der Waals surface area contributed by atoms with Gasteiger partial charge < -0.3 is 9.45 Å². The zero-order valence-electron chi connectivity index (χ0n) is 17.5. The molecule has 3 aromatic carbocycles. The van der Waals surface area contributed by atoms with Crippen LogP contribution in [-0.2, 0) is 16.7 Å². The van der Waals surface area contributed by atoms with Crippen molar-refractivity contribution in [3.8, 4) is 0 Å². The fourth-order valence-corrected chi connectivity index (χ4v) is 5.26. The van der Waals surface area contributed by atoms with Gasteiger partial charge in [0, 0.05) is 38.0 Å². The SMILES string of the molecule is CN(C)c1ccc(/C=C/c2sc3ccc4ccccc4c3[n+]2CCCS(=O)(=O)[O-])cc1. The molecule has 0 amide bonds. The average molecular weight is 453 g/mol. The normalized spacial score (nSPS) is 12.2. The van der Waals surface area contributed by atoms with E-state index in [9.17, 15) is 13.0 Å². The summed E-state index contributed by atoms with van der Waals surface area (Å²) in [7, 11) is -0.212. The quantitative estimate of drug-likeness (QED) is 0.306. The number of hydrogen-bond acceptors (Lipinski definition) is 5. The first-order valence-electron chi connectivity index (χ1n) is 10.0. The Morgan fingerprint density at radius 3 is 2.45 bits per heavy atom. The minimum atomic E-state index is -4.23. The van der Waals surface area contributed by atoms with Crippen molar-refractivity contribution in [1.82, 2.24) is 0 Å². The van der Waals surface area contributed by atoms with Crippen LogP contribution in [0.3, 0.4) is 0 Å². The molecule has 0 N–H and O–H groups in total. The summed E-state index contributed by atoms with van der Waals surface area (Å²) < 4.78 is 36.6. The maximum Gasteiger partial charge on any atom is 0.262 e. The van der Waals surface area contributed by atoms with Crippen LogP contribution in [0, 0.1) is 0 Å². The van der Waals surface area contributed by atoms with Crippen LogP contribution >= 0.6 is 11.3 Å². The van der Waals surface area contributed by atoms with Gasteiger partial charge in [-0.1, -0.05) is 47.7 Å². The van der Waals surface area contributed by atoms with Crippen LogP contribution in [0.4, 0.5) is 5.69 Å². The van der Waals surface area contributed by atoms with Gasteiger partial charge in [0.1, 0.15) is 4.70 Å². The van der Waals surface area contributed by atoms with E-state index < -0.39 is 10.1 Å². The Labute approximate surface area is 186 Å². The second-order valence-corrected chi connectivity index (χ2v) is 10.2. The molecule has 0 atom stereocenters. The van der Waals surface area contributed by atoms with Gasteiger partial charge in [0.2, 0.25) is 5.52 Å². The molecular weight excluding hydrogens is 428 g/mol. The number of anilines is 1. The minimum absolute atomic E-state index is 0.282. The number of fused-ring (bicyclic) bond motifs is 3. The summed E-state index contributed by atoms with van der Waals surface area (Å²) in [5, 5.41) is 3.27. The molecule has 0 saturated carbocycles. The number of nitrogens with zero attached hydrogens (tertiary/aromatic N) is 2. The van der Waals surface area contributed by atoms with Crippen LogP contribution in [0.2, 0.25) is 0 Å². The lowest BCUT2D eigenvalue weighted by atomic mass is 10.1. The van der Waals surface area contributed by atoms with Crippen LogP contribution in [0.25, 0.3) is 33.1 Å². The summed E-state index contributed by atoms with van der Waals surface area (Å²) in [6.07, 6.45) is 4.41. The third-order valence-corrected chi connectivity index (χ3v) is 7.12. The van der Waals surface area contributed by atoms with Gasteiger partial charge in [0.15, 0.2) is 6.54 Å². The summed E-state index contributed by atoms with van der Waals surface area (Å²) in [5.74, 6) is -0.364. The Morgan fingerprint density at radius 1 is 1.00 bits per heavy atom. The molecule has 0 aliphatic carbocycles. The smallest absolute Gasteiger partial charge is 0.262 e. The Kier molecular flexibility index (Phi) is 6.09. The molecule has 5 nitrogen and oxygen atoms in total. The van der Waals surface area contributed by atoms with Gasteiger partial charge in [-0.2, -0.15) is 4.57 Å². The Bertz CT molecular complexity index is 1360. The second kappa shape index (κ2) is 8.78. The van der Waals surface area contributed by atoms with E-state index in [4.69, 9.17) is 0 Å². The van der Waals surface area contributed by atoms with Crippen molar-refractivity contribution in [2.45, 2.75) is 13.0 Å². The monoisotopic (exact) mass is 452 g/mol. The minimum Gasteiger partial charge on any atom is -0.748 e. The molecule has 4 rings (SSSR count). The second-order valence-electron chi connectivity index (χ2n) is 7.66. The van der Waals surface area contributed by atoms with Gasteiger partial charge >= 0.3 is 0 Å². The number of rotatable bonds is 7. The van der Waals surface area contributed by atoms with Crippen LogP contribution < -0.4 is 9.47 Å². The van der Waals surface area contributed by atoms with Crippen molar-refractivity contribution in [3.63, 3.8) is 0 Å². The van der Waals surface area contributed by atoms with Crippen molar-refractivity contribution in [1.29, 1.82) is 0 Å². The Hall–Kier alpha value is -2.74. The van der Waals surface area contributed by atoms with Gasteiger partial charge in [-0.15, -0.1) is 0 Å². The number of aromatic nitrogens is 1. The first kappa shape index (κ1) is 21.5. The molecule has 0 saturated heterocycles. The molecule has 1 aromatic heterocycles. The molecule has 4 aromatic rings. The fraction of sp³-hybridized carbons (Fsp3) is 0.208. The van der Waals surface area contributed by atoms with Crippen molar-refractivity contribution in [2.24, 2.45) is 0 Å². The molecule has 1 heterocycles. The topological polar surface area (TPSA) is 64.3 Å². The molecule has 31 heavy (non-hydrogen) atoms. The van der Waals surface area contributed by atoms with Crippen molar-refractivity contribution in [2.75, 3.05) is 24.7 Å². The van der Waals surface area contributed by atoms with E-state index in [-0.39, 0.29) is 12.2 Å². The van der Waals surface area contributed by atoms with Crippen LogP contribution in [0.15, 0.2) is 60.7 Å². The average Bonchev–Trinajstić information content (AvgIpc) is 3.09. The lowest BCUT2D eigenvalue weighted by Gasteiger charge is -2.11. The van der Waals surface area contributed by atoms with E-state index in [0.29, 0.717) is 6.54 Å². The molecule has 0 bridgehead atoms. The Morgan fingerprint density at radius 2 is 1.74 bits per heavy atom. The molecule has 0 fully saturated rings. The van der Waals surface area contributed by atoms with Gasteiger partial charge in [-0.05, 0) is 41.3 Å². The molecule has 0 unspecified atom stereocenters. The first-order valence-corrected chi connectivity index (χ1v) is 12.4. The third kappa shape index (κ3) is 4.95. The van der Waals surface area contributed by atoms with Crippen molar-refractivity contribution in [3.05, 3.63) is 71.2 Å². The summed E-state index contributed by atoms with van der Waals surface area (Å²) in [5.41, 5.74) is 3.30. The maximum atomic E-state index is 11.1. The highest BCUT2D eigenvalue weighted by Crippen LogP contribution is 2.29. The predicted molar refractivity (Wildman–Crippen MR) is 128 cm³/mol. The summed E-state index contributed by atoms with van der Waals surface area (Å²) in [6, 6.07) is 20.7. The van der Waals surface area contributed by atoms with Crippen LogP contribution in [0.1, 0.15) is 17.0 Å². The fourth-order valence-electron chi connectivity index (χ4n) is 3.67. The van der Waals surface area contributed by atoms with Gasteiger partial charge in [0.25, 0.3) is 5.01 Å². The molecule has 0 spiro atoms. The van der Waals surface area contributed by atoms with Crippen LogP contribution in [0.5, 0.6) is 0 Å². The number of aryl methyl sites for hydroxylation is 1. The molecular formula is C24H24N2O3S2. The van der Waals surface area contributed by atoms with E-state index in [1.54, 1.807) is 11.3 Å². The van der Waals surface area contributed by atoms with Gasteiger partial charge in [0.05, 0.1) is 15.5 Å². The lowest BCUT2D eigenvalue weighted by Crippen LogP contribution is -2.36. The highest BCUT2D eigenvalue weighted by Gasteiger charge is 2.21. The van der Waals surface area contributed by atoms with E-state index >= 15 is 0 Å². The van der Waals surface area contributed by atoms with Gasteiger partial charge in [-0.25, -0.2) is 8.42 Å². The summed E-state index contributed by atoms with van der Waals surface area (Å²) >= 11 is 1.66.